The molecule has 5 nitrogen and oxygen atoms in total. The van der Waals surface area contributed by atoms with Crippen molar-refractivity contribution in [2.24, 2.45) is 0 Å². The molecule has 1 aliphatic heterocycles. The van der Waals surface area contributed by atoms with Crippen LogP contribution < -0.4 is 10.2 Å². The van der Waals surface area contributed by atoms with Gasteiger partial charge in [0.05, 0.1) is 12.1 Å². The van der Waals surface area contributed by atoms with Crippen LogP contribution in [-0.4, -0.2) is 55.4 Å². The summed E-state index contributed by atoms with van der Waals surface area (Å²) in [6.07, 6.45) is 2.44. The van der Waals surface area contributed by atoms with Crippen LogP contribution in [0.15, 0.2) is 30.5 Å². The molecule has 0 bridgehead atoms. The van der Waals surface area contributed by atoms with Gasteiger partial charge in [-0.2, -0.15) is 0 Å². The zero-order valence-electron chi connectivity index (χ0n) is 19.8. The van der Waals surface area contributed by atoms with Crippen LogP contribution >= 0.6 is 0 Å². The van der Waals surface area contributed by atoms with Gasteiger partial charge in [0.15, 0.2) is 0 Å². The van der Waals surface area contributed by atoms with E-state index >= 15 is 0 Å². The monoisotopic (exact) mass is 456 g/mol. The number of anilines is 2. The Bertz CT molecular complexity index is 1060. The van der Waals surface area contributed by atoms with Gasteiger partial charge >= 0.3 is 0 Å². The molecule has 178 valence electrons. The quantitative estimate of drug-likeness (QED) is 0.644. The largest absolute Gasteiger partial charge is 0.356 e. The topological polar surface area (TPSA) is 48.5 Å². The van der Waals surface area contributed by atoms with Crippen LogP contribution in [0.25, 0.3) is 0 Å². The number of aryl methyl sites for hydroxylation is 1. The number of hydrogen-bond donors (Lipinski definition) is 1. The van der Waals surface area contributed by atoms with Crippen molar-refractivity contribution in [2.75, 3.05) is 43.9 Å². The zero-order chi connectivity index (χ0) is 24.0. The third-order valence-electron chi connectivity index (χ3n) is 5.77. The Balaban J connectivity index is 0.00000408. The second-order valence-electron chi connectivity index (χ2n) is 8.74. The fraction of sp³-hybridized carbons (Fsp3) is 0.462. The van der Waals surface area contributed by atoms with E-state index in [4.69, 9.17) is 0 Å². The standard InChI is InChI=1S/C26H32F2N4O.H2/c1-5-20-9-6-11-22(17-20)30-25(33)23-19(2)21(10-7-14-31(3)4)18-29-24(23)32-15-8-12-26(27,28)13-16-32;/h6,9,11,17-18H,5,8,12-16H2,1-4H3,(H,30,33);1H. The summed E-state index contributed by atoms with van der Waals surface area (Å²) in [6.45, 7) is 5.05. The van der Waals surface area contributed by atoms with Gasteiger partial charge in [-0.3, -0.25) is 9.69 Å². The third kappa shape index (κ3) is 6.52. The van der Waals surface area contributed by atoms with E-state index in [2.05, 4.69) is 29.1 Å². The fourth-order valence-electron chi connectivity index (χ4n) is 3.86. The lowest BCUT2D eigenvalue weighted by atomic mass is 10.0. The highest BCUT2D eigenvalue weighted by atomic mass is 19.3. The summed E-state index contributed by atoms with van der Waals surface area (Å²) in [4.78, 5) is 21.8. The minimum absolute atomic E-state index is 0. The van der Waals surface area contributed by atoms with Crippen LogP contribution in [0, 0.1) is 18.8 Å². The number of carbonyl (C=O) groups excluding carboxylic acids is 1. The van der Waals surface area contributed by atoms with Gasteiger partial charge in [0.2, 0.25) is 5.92 Å². The van der Waals surface area contributed by atoms with Crippen molar-refractivity contribution in [3.63, 3.8) is 0 Å². The Morgan fingerprint density at radius 2 is 2.09 bits per heavy atom. The summed E-state index contributed by atoms with van der Waals surface area (Å²) >= 11 is 0. The Hall–Kier alpha value is -2.98. The average Bonchev–Trinajstić information content (AvgIpc) is 2.94. The van der Waals surface area contributed by atoms with Crippen molar-refractivity contribution >= 4 is 17.4 Å². The van der Waals surface area contributed by atoms with Gasteiger partial charge in [0, 0.05) is 44.8 Å². The Labute approximate surface area is 196 Å². The summed E-state index contributed by atoms with van der Waals surface area (Å²) in [5.74, 6) is 3.63. The zero-order valence-corrected chi connectivity index (χ0v) is 19.8. The molecule has 2 aromatic rings. The van der Waals surface area contributed by atoms with Crippen LogP contribution in [0.3, 0.4) is 0 Å². The Morgan fingerprint density at radius 1 is 1.30 bits per heavy atom. The van der Waals surface area contributed by atoms with E-state index in [0.29, 0.717) is 47.7 Å². The molecular weight excluding hydrogens is 422 g/mol. The number of rotatable bonds is 5. The number of pyridine rings is 1. The highest BCUT2D eigenvalue weighted by Crippen LogP contribution is 2.32. The molecule has 1 fully saturated rings. The fourth-order valence-corrected chi connectivity index (χ4v) is 3.86. The lowest BCUT2D eigenvalue weighted by Gasteiger charge is -2.25. The normalized spacial score (nSPS) is 15.5. The van der Waals surface area contributed by atoms with Gasteiger partial charge in [-0.15, -0.1) is 0 Å². The van der Waals surface area contributed by atoms with Gasteiger partial charge in [0.1, 0.15) is 5.82 Å². The van der Waals surface area contributed by atoms with E-state index in [1.165, 1.54) is 0 Å². The smallest absolute Gasteiger partial charge is 0.259 e. The maximum Gasteiger partial charge on any atom is 0.259 e. The molecule has 1 aromatic carbocycles. The van der Waals surface area contributed by atoms with Crippen LogP contribution in [0.2, 0.25) is 0 Å². The first-order chi connectivity index (χ1) is 15.7. The van der Waals surface area contributed by atoms with Crippen LogP contribution in [0.4, 0.5) is 20.3 Å². The van der Waals surface area contributed by atoms with Gasteiger partial charge in [-0.05, 0) is 57.1 Å². The summed E-state index contributed by atoms with van der Waals surface area (Å²) in [7, 11) is 3.86. The van der Waals surface area contributed by atoms with Crippen molar-refractivity contribution in [1.82, 2.24) is 9.88 Å². The van der Waals surface area contributed by atoms with Crippen molar-refractivity contribution in [3.8, 4) is 11.8 Å². The molecular formula is C26H34F2N4O. The van der Waals surface area contributed by atoms with Gasteiger partial charge in [0.25, 0.3) is 5.91 Å². The minimum atomic E-state index is -2.69. The van der Waals surface area contributed by atoms with E-state index < -0.39 is 5.92 Å². The predicted octanol–water partition coefficient (Wildman–Crippen LogP) is 4.99. The minimum Gasteiger partial charge on any atom is -0.356 e. The number of hydrogen-bond acceptors (Lipinski definition) is 4. The lowest BCUT2D eigenvalue weighted by molar-refractivity contribution is -0.0102. The maximum atomic E-state index is 14.0. The molecule has 1 amide bonds. The van der Waals surface area contributed by atoms with Gasteiger partial charge in [-0.1, -0.05) is 30.9 Å². The maximum absolute atomic E-state index is 14.0. The van der Waals surface area contributed by atoms with E-state index in [0.717, 1.165) is 12.0 Å². The van der Waals surface area contributed by atoms with Crippen molar-refractivity contribution in [2.45, 2.75) is 45.5 Å². The molecule has 0 atom stereocenters. The van der Waals surface area contributed by atoms with Gasteiger partial charge in [-0.25, -0.2) is 13.8 Å². The molecule has 1 N–H and O–H groups in total. The molecule has 2 heterocycles. The molecule has 0 spiro atoms. The summed E-state index contributed by atoms with van der Waals surface area (Å²) < 4.78 is 27.9. The summed E-state index contributed by atoms with van der Waals surface area (Å²) in [5.41, 5.74) is 3.55. The number of carbonyl (C=O) groups is 1. The van der Waals surface area contributed by atoms with Crippen molar-refractivity contribution in [1.29, 1.82) is 0 Å². The van der Waals surface area contributed by atoms with Crippen molar-refractivity contribution < 1.29 is 15.0 Å². The van der Waals surface area contributed by atoms with Crippen LogP contribution in [-0.2, 0) is 6.42 Å². The number of benzene rings is 1. The first-order valence-corrected chi connectivity index (χ1v) is 11.4. The molecule has 0 aliphatic carbocycles. The summed E-state index contributed by atoms with van der Waals surface area (Å²) in [5, 5.41) is 2.98. The molecule has 0 unspecified atom stereocenters. The van der Waals surface area contributed by atoms with Crippen LogP contribution in [0.5, 0.6) is 0 Å². The molecule has 0 radical (unpaired) electrons. The van der Waals surface area contributed by atoms with E-state index in [1.807, 2.05) is 55.1 Å². The number of alkyl halides is 2. The lowest BCUT2D eigenvalue weighted by Crippen LogP contribution is -2.30. The second-order valence-corrected chi connectivity index (χ2v) is 8.74. The van der Waals surface area contributed by atoms with Crippen molar-refractivity contribution in [3.05, 3.63) is 52.7 Å². The van der Waals surface area contributed by atoms with Crippen LogP contribution in [0.1, 0.15) is 54.7 Å². The molecule has 33 heavy (non-hydrogen) atoms. The van der Waals surface area contributed by atoms with E-state index in [1.54, 1.807) is 6.20 Å². The third-order valence-corrected chi connectivity index (χ3v) is 5.77. The SMILES string of the molecule is CCc1cccc(NC(=O)c2c(N3CCCC(F)(F)CC3)ncc(C#CCN(C)C)c2C)c1.[HH]. The highest BCUT2D eigenvalue weighted by molar-refractivity contribution is 6.09. The first-order valence-electron chi connectivity index (χ1n) is 11.4. The van der Waals surface area contributed by atoms with E-state index in [-0.39, 0.29) is 26.7 Å². The Kier molecular flexibility index (Phi) is 8.04. The number of halogens is 2. The first kappa shape index (κ1) is 24.7. The average molecular weight is 457 g/mol. The molecule has 1 saturated heterocycles. The molecule has 7 heteroatoms. The molecule has 1 aromatic heterocycles. The number of aromatic nitrogens is 1. The molecule has 1 aliphatic rings. The Morgan fingerprint density at radius 3 is 2.82 bits per heavy atom. The molecule has 3 rings (SSSR count). The van der Waals surface area contributed by atoms with Gasteiger partial charge < -0.3 is 10.2 Å². The number of nitrogens with zero attached hydrogens (tertiary/aromatic N) is 3. The molecule has 0 saturated carbocycles. The second kappa shape index (κ2) is 10.8. The predicted molar refractivity (Wildman–Crippen MR) is 131 cm³/mol. The number of nitrogens with one attached hydrogen (secondary N) is 1. The number of amides is 1. The highest BCUT2D eigenvalue weighted by Gasteiger charge is 2.33. The van der Waals surface area contributed by atoms with E-state index in [9.17, 15) is 13.6 Å². The summed E-state index contributed by atoms with van der Waals surface area (Å²) in [6, 6.07) is 7.69.